The quantitative estimate of drug-likeness (QED) is 0.823. The van der Waals surface area contributed by atoms with E-state index in [9.17, 15) is 4.39 Å². The van der Waals surface area contributed by atoms with Crippen LogP contribution in [0, 0.1) is 5.82 Å². The molecule has 6 heteroatoms. The number of nitrogens with zero attached hydrogens (tertiary/aromatic N) is 2. The highest BCUT2D eigenvalue weighted by molar-refractivity contribution is 9.10. The van der Waals surface area contributed by atoms with Gasteiger partial charge in [0, 0.05) is 10.5 Å². The number of aromatic nitrogens is 2. The molecule has 3 nitrogen and oxygen atoms in total. The van der Waals surface area contributed by atoms with E-state index in [2.05, 4.69) is 25.9 Å². The zero-order chi connectivity index (χ0) is 11.7. The maximum Gasteiger partial charge on any atom is 0.166 e. The van der Waals surface area contributed by atoms with Gasteiger partial charge in [-0.15, -0.1) is 0 Å². The van der Waals surface area contributed by atoms with Gasteiger partial charge in [0.25, 0.3) is 0 Å². The minimum atomic E-state index is -0.434. The summed E-state index contributed by atoms with van der Waals surface area (Å²) in [6.07, 6.45) is 0. The van der Waals surface area contributed by atoms with Crippen LogP contribution in [0.15, 0.2) is 28.7 Å². The fourth-order valence-corrected chi connectivity index (χ4v) is 1.75. The molecule has 1 heterocycles. The smallest absolute Gasteiger partial charge is 0.166 e. The van der Waals surface area contributed by atoms with Crippen molar-refractivity contribution < 1.29 is 4.39 Å². The molecule has 0 aliphatic heterocycles. The standard InChI is InChI=1S/C10H6BrClFN3/c11-5-1-2-6(7(13)3-5)10-15-8(12)4-9(14)16-10/h1-4H,(H2,14,15,16). The van der Waals surface area contributed by atoms with E-state index < -0.39 is 5.82 Å². The molecule has 2 aromatic rings. The number of halogens is 3. The lowest BCUT2D eigenvalue weighted by Crippen LogP contribution is -1.97. The average Bonchev–Trinajstić information content (AvgIpc) is 2.15. The molecule has 0 aliphatic carbocycles. The average molecular weight is 303 g/mol. The fourth-order valence-electron chi connectivity index (χ4n) is 1.23. The van der Waals surface area contributed by atoms with E-state index in [1.54, 1.807) is 12.1 Å². The summed E-state index contributed by atoms with van der Waals surface area (Å²) in [7, 11) is 0. The maximum atomic E-state index is 13.6. The number of nitrogen functional groups attached to an aromatic ring is 1. The van der Waals surface area contributed by atoms with Crippen molar-refractivity contribution in [2.24, 2.45) is 0 Å². The van der Waals surface area contributed by atoms with E-state index in [1.807, 2.05) is 0 Å². The van der Waals surface area contributed by atoms with Crippen LogP contribution < -0.4 is 5.73 Å². The van der Waals surface area contributed by atoms with Crippen LogP contribution in [-0.2, 0) is 0 Å². The Morgan fingerprint density at radius 3 is 2.62 bits per heavy atom. The van der Waals surface area contributed by atoms with Gasteiger partial charge in [0.15, 0.2) is 5.82 Å². The van der Waals surface area contributed by atoms with Gasteiger partial charge in [-0.1, -0.05) is 27.5 Å². The molecule has 0 amide bonds. The zero-order valence-electron chi connectivity index (χ0n) is 7.92. The number of rotatable bonds is 1. The Morgan fingerprint density at radius 1 is 1.25 bits per heavy atom. The van der Waals surface area contributed by atoms with Gasteiger partial charge in [-0.3, -0.25) is 0 Å². The topological polar surface area (TPSA) is 51.8 Å². The zero-order valence-corrected chi connectivity index (χ0v) is 10.3. The predicted octanol–water partition coefficient (Wildman–Crippen LogP) is 3.28. The summed E-state index contributed by atoms with van der Waals surface area (Å²) in [4.78, 5) is 7.84. The van der Waals surface area contributed by atoms with Crippen molar-refractivity contribution in [1.82, 2.24) is 9.97 Å². The summed E-state index contributed by atoms with van der Waals surface area (Å²) in [6, 6.07) is 5.99. The Balaban J connectivity index is 2.58. The van der Waals surface area contributed by atoms with Crippen molar-refractivity contribution >= 4 is 33.3 Å². The van der Waals surface area contributed by atoms with Gasteiger partial charge in [0.2, 0.25) is 0 Å². The molecule has 82 valence electrons. The van der Waals surface area contributed by atoms with Crippen LogP contribution in [0.1, 0.15) is 0 Å². The van der Waals surface area contributed by atoms with Crippen LogP contribution in [0.5, 0.6) is 0 Å². The molecule has 0 fully saturated rings. The fraction of sp³-hybridized carbons (Fsp3) is 0. The lowest BCUT2D eigenvalue weighted by molar-refractivity contribution is 0.629. The van der Waals surface area contributed by atoms with E-state index in [1.165, 1.54) is 12.1 Å². The monoisotopic (exact) mass is 301 g/mol. The molecular formula is C10H6BrClFN3. The van der Waals surface area contributed by atoms with Crippen molar-refractivity contribution in [3.8, 4) is 11.4 Å². The molecule has 0 atom stereocenters. The van der Waals surface area contributed by atoms with Crippen LogP contribution in [0.3, 0.4) is 0 Å². The number of benzene rings is 1. The Morgan fingerprint density at radius 2 is 2.00 bits per heavy atom. The second-order valence-electron chi connectivity index (χ2n) is 3.06. The molecule has 0 spiro atoms. The first-order chi connectivity index (χ1) is 7.56. The summed E-state index contributed by atoms with van der Waals surface area (Å²) in [6.45, 7) is 0. The van der Waals surface area contributed by atoms with Crippen LogP contribution in [0.4, 0.5) is 10.2 Å². The van der Waals surface area contributed by atoms with Crippen LogP contribution >= 0.6 is 27.5 Å². The summed E-state index contributed by atoms with van der Waals surface area (Å²) in [5.41, 5.74) is 5.77. The highest BCUT2D eigenvalue weighted by atomic mass is 79.9. The Hall–Kier alpha value is -1.20. The summed E-state index contributed by atoms with van der Waals surface area (Å²) in [5, 5.41) is 0.185. The number of nitrogens with two attached hydrogens (primary N) is 1. The highest BCUT2D eigenvalue weighted by Gasteiger charge is 2.09. The van der Waals surface area contributed by atoms with Crippen LogP contribution in [0.2, 0.25) is 5.15 Å². The molecule has 0 unspecified atom stereocenters. The van der Waals surface area contributed by atoms with E-state index in [4.69, 9.17) is 17.3 Å². The first-order valence-corrected chi connectivity index (χ1v) is 5.49. The third kappa shape index (κ3) is 2.31. The number of anilines is 1. The van der Waals surface area contributed by atoms with E-state index in [0.717, 1.165) is 0 Å². The molecule has 0 aliphatic rings. The summed E-state index contributed by atoms with van der Waals surface area (Å²) < 4.78 is 14.2. The molecule has 0 saturated heterocycles. The van der Waals surface area contributed by atoms with Gasteiger partial charge in [-0.25, -0.2) is 14.4 Å². The van der Waals surface area contributed by atoms with Gasteiger partial charge in [-0.2, -0.15) is 0 Å². The van der Waals surface area contributed by atoms with E-state index in [0.29, 0.717) is 4.47 Å². The van der Waals surface area contributed by atoms with Gasteiger partial charge >= 0.3 is 0 Å². The second kappa shape index (κ2) is 4.35. The van der Waals surface area contributed by atoms with Gasteiger partial charge in [-0.05, 0) is 18.2 Å². The third-order valence-electron chi connectivity index (χ3n) is 1.89. The van der Waals surface area contributed by atoms with Crippen molar-refractivity contribution in [3.63, 3.8) is 0 Å². The summed E-state index contributed by atoms with van der Waals surface area (Å²) >= 11 is 8.89. The molecule has 1 aromatic carbocycles. The molecule has 0 bridgehead atoms. The van der Waals surface area contributed by atoms with Crippen molar-refractivity contribution in [2.45, 2.75) is 0 Å². The summed E-state index contributed by atoms with van der Waals surface area (Å²) in [5.74, 6) is -0.0524. The normalized spacial score (nSPS) is 10.4. The molecule has 2 rings (SSSR count). The van der Waals surface area contributed by atoms with E-state index >= 15 is 0 Å². The van der Waals surface area contributed by atoms with Gasteiger partial charge in [0.05, 0.1) is 5.56 Å². The predicted molar refractivity (Wildman–Crippen MR) is 64.5 cm³/mol. The Labute approximate surface area is 105 Å². The molecule has 0 radical (unpaired) electrons. The maximum absolute atomic E-state index is 13.6. The van der Waals surface area contributed by atoms with E-state index in [-0.39, 0.29) is 22.4 Å². The van der Waals surface area contributed by atoms with Gasteiger partial charge < -0.3 is 5.73 Å². The van der Waals surface area contributed by atoms with Crippen molar-refractivity contribution in [2.75, 3.05) is 5.73 Å². The van der Waals surface area contributed by atoms with Crippen LogP contribution in [-0.4, -0.2) is 9.97 Å². The van der Waals surface area contributed by atoms with Crippen molar-refractivity contribution in [1.29, 1.82) is 0 Å². The Kier molecular flexibility index (Phi) is 3.07. The first kappa shape index (κ1) is 11.3. The number of hydrogen-bond acceptors (Lipinski definition) is 3. The van der Waals surface area contributed by atoms with Crippen molar-refractivity contribution in [3.05, 3.63) is 39.7 Å². The van der Waals surface area contributed by atoms with Crippen LogP contribution in [0.25, 0.3) is 11.4 Å². The molecule has 2 N–H and O–H groups in total. The number of hydrogen-bond donors (Lipinski definition) is 1. The minimum Gasteiger partial charge on any atom is -0.384 e. The first-order valence-electron chi connectivity index (χ1n) is 4.32. The molecule has 1 aromatic heterocycles. The largest absolute Gasteiger partial charge is 0.384 e. The molecule has 16 heavy (non-hydrogen) atoms. The highest BCUT2D eigenvalue weighted by Crippen LogP contribution is 2.24. The van der Waals surface area contributed by atoms with Gasteiger partial charge in [0.1, 0.15) is 16.8 Å². The lowest BCUT2D eigenvalue weighted by atomic mass is 10.2. The SMILES string of the molecule is Nc1cc(Cl)nc(-c2ccc(Br)cc2F)n1. The minimum absolute atomic E-state index is 0.176. The molecular weight excluding hydrogens is 296 g/mol. The third-order valence-corrected chi connectivity index (χ3v) is 2.57. The second-order valence-corrected chi connectivity index (χ2v) is 4.37. The Bertz CT molecular complexity index is 527. The lowest BCUT2D eigenvalue weighted by Gasteiger charge is -2.03. The molecule has 0 saturated carbocycles.